The summed E-state index contributed by atoms with van der Waals surface area (Å²) in [5, 5.41) is 11.5. The number of carbonyl (C=O) groups is 1. The molecule has 0 radical (unpaired) electrons. The third-order valence-corrected chi connectivity index (χ3v) is 7.14. The number of benzene rings is 3. The van der Waals surface area contributed by atoms with E-state index in [0.29, 0.717) is 37.1 Å². The van der Waals surface area contributed by atoms with Gasteiger partial charge in [-0.25, -0.2) is 9.37 Å². The van der Waals surface area contributed by atoms with Gasteiger partial charge in [0.1, 0.15) is 5.82 Å². The molecule has 1 aliphatic heterocycles. The van der Waals surface area contributed by atoms with Gasteiger partial charge in [0.2, 0.25) is 5.91 Å². The van der Waals surface area contributed by atoms with Crippen molar-refractivity contribution in [1.82, 2.24) is 14.5 Å². The van der Waals surface area contributed by atoms with E-state index in [2.05, 4.69) is 9.88 Å². The lowest BCUT2D eigenvalue weighted by Gasteiger charge is -2.36. The van der Waals surface area contributed by atoms with Crippen LogP contribution in [0.3, 0.4) is 0 Å². The normalized spacial score (nSPS) is 13.6. The van der Waals surface area contributed by atoms with Crippen LogP contribution in [-0.2, 0) is 4.79 Å². The number of carbonyl (C=O) groups excluding carboxylic acids is 1. The Morgan fingerprint density at radius 3 is 2.35 bits per heavy atom. The number of anilines is 1. The Hall–Kier alpha value is -4.25. The van der Waals surface area contributed by atoms with Gasteiger partial charge in [-0.1, -0.05) is 36.0 Å². The zero-order valence-corrected chi connectivity index (χ0v) is 20.4. The van der Waals surface area contributed by atoms with Crippen molar-refractivity contribution < 1.29 is 14.1 Å². The third kappa shape index (κ3) is 5.03. The minimum atomic E-state index is -0.558. The lowest BCUT2D eigenvalue weighted by molar-refractivity contribution is -0.384. The minimum absolute atomic E-state index is 0.0331. The van der Waals surface area contributed by atoms with Gasteiger partial charge in [-0.15, -0.1) is 0 Å². The molecule has 1 amide bonds. The lowest BCUT2D eigenvalue weighted by Crippen LogP contribution is -2.49. The van der Waals surface area contributed by atoms with E-state index in [1.807, 2.05) is 0 Å². The summed E-state index contributed by atoms with van der Waals surface area (Å²) >= 11 is 1.10. The molecular weight excluding hydrogens is 497 g/mol. The molecule has 1 fully saturated rings. The molecule has 0 spiro atoms. The van der Waals surface area contributed by atoms with Gasteiger partial charge in [0.05, 0.1) is 27.3 Å². The summed E-state index contributed by atoms with van der Waals surface area (Å²) < 4.78 is 15.9. The molecule has 1 aliphatic rings. The maximum absolute atomic E-state index is 14.7. The van der Waals surface area contributed by atoms with E-state index < -0.39 is 16.3 Å². The standard InChI is InChI=1S/C26H22FN5O4S/c27-21-6-2-4-8-23(21)31-25(34)20-5-1-3-7-22(20)28-26(31)37-17-24(33)30-15-13-29(14-16-30)18-9-11-19(12-10-18)32(35)36/h1-12H,13-17H2. The first-order chi connectivity index (χ1) is 17.9. The van der Waals surface area contributed by atoms with Crippen LogP contribution in [0.4, 0.5) is 15.8 Å². The number of amides is 1. The number of non-ortho nitro benzene ring substituents is 1. The van der Waals surface area contributed by atoms with E-state index in [1.54, 1.807) is 53.4 Å². The van der Waals surface area contributed by atoms with Crippen LogP contribution in [0, 0.1) is 15.9 Å². The average molecular weight is 520 g/mol. The fourth-order valence-electron chi connectivity index (χ4n) is 4.27. The fraction of sp³-hybridized carbons (Fsp3) is 0.192. The van der Waals surface area contributed by atoms with Crippen molar-refractivity contribution in [3.8, 4) is 5.69 Å². The molecular formula is C26H22FN5O4S. The van der Waals surface area contributed by atoms with Crippen LogP contribution in [0.2, 0.25) is 0 Å². The lowest BCUT2D eigenvalue weighted by atomic mass is 10.2. The van der Waals surface area contributed by atoms with Crippen LogP contribution >= 0.6 is 11.8 Å². The molecule has 1 saturated heterocycles. The third-order valence-electron chi connectivity index (χ3n) is 6.22. The van der Waals surface area contributed by atoms with Gasteiger partial charge in [0, 0.05) is 44.0 Å². The summed E-state index contributed by atoms with van der Waals surface area (Å²) in [5.74, 6) is -0.635. The quantitative estimate of drug-likeness (QED) is 0.165. The topological polar surface area (TPSA) is 102 Å². The van der Waals surface area contributed by atoms with Crippen LogP contribution in [0.15, 0.2) is 82.7 Å². The van der Waals surface area contributed by atoms with Crippen molar-refractivity contribution >= 4 is 39.9 Å². The van der Waals surface area contributed by atoms with Crippen molar-refractivity contribution in [3.05, 3.63) is 99.1 Å². The van der Waals surface area contributed by atoms with Gasteiger partial charge in [0.15, 0.2) is 5.16 Å². The summed E-state index contributed by atoms with van der Waals surface area (Å²) in [5.41, 5.74) is 1.05. The monoisotopic (exact) mass is 519 g/mol. The van der Waals surface area contributed by atoms with Crippen molar-refractivity contribution in [1.29, 1.82) is 0 Å². The second-order valence-corrected chi connectivity index (χ2v) is 9.38. The van der Waals surface area contributed by atoms with Crippen molar-refractivity contribution in [2.45, 2.75) is 5.16 Å². The Kier molecular flexibility index (Phi) is 6.87. The van der Waals surface area contributed by atoms with Gasteiger partial charge in [-0.05, 0) is 36.4 Å². The maximum atomic E-state index is 14.7. The van der Waals surface area contributed by atoms with Crippen LogP contribution in [0.5, 0.6) is 0 Å². The van der Waals surface area contributed by atoms with Gasteiger partial charge >= 0.3 is 0 Å². The van der Waals surface area contributed by atoms with E-state index in [0.717, 1.165) is 17.4 Å². The molecule has 1 aromatic heterocycles. The molecule has 2 heterocycles. The first kappa shape index (κ1) is 24.4. The molecule has 11 heteroatoms. The number of nitro groups is 1. The predicted octanol–water partition coefficient (Wildman–Crippen LogP) is 3.87. The van der Waals surface area contributed by atoms with E-state index in [1.165, 1.54) is 28.8 Å². The van der Waals surface area contributed by atoms with Crippen LogP contribution in [0.1, 0.15) is 0 Å². The smallest absolute Gasteiger partial charge is 0.269 e. The number of fused-ring (bicyclic) bond motifs is 1. The number of thioether (sulfide) groups is 1. The molecule has 0 saturated carbocycles. The first-order valence-corrected chi connectivity index (χ1v) is 12.6. The van der Waals surface area contributed by atoms with E-state index in [-0.39, 0.29) is 28.2 Å². The summed E-state index contributed by atoms with van der Waals surface area (Å²) in [6, 6.07) is 19.2. The fourth-order valence-corrected chi connectivity index (χ4v) is 5.18. The number of hydrogen-bond acceptors (Lipinski definition) is 7. The Labute approximate surface area is 215 Å². The van der Waals surface area contributed by atoms with Gasteiger partial charge in [-0.3, -0.25) is 24.3 Å². The summed E-state index contributed by atoms with van der Waals surface area (Å²) in [6.07, 6.45) is 0. The highest BCUT2D eigenvalue weighted by atomic mass is 32.2. The van der Waals surface area contributed by atoms with E-state index in [4.69, 9.17) is 0 Å². The molecule has 3 aromatic carbocycles. The SMILES string of the molecule is O=C(CSc1nc2ccccc2c(=O)n1-c1ccccc1F)N1CCN(c2ccc([N+](=O)[O-])cc2)CC1. The molecule has 0 unspecified atom stereocenters. The predicted molar refractivity (Wildman–Crippen MR) is 140 cm³/mol. The van der Waals surface area contributed by atoms with E-state index >= 15 is 0 Å². The highest BCUT2D eigenvalue weighted by Gasteiger charge is 2.23. The number of halogens is 1. The Morgan fingerprint density at radius 2 is 1.65 bits per heavy atom. The molecule has 0 N–H and O–H groups in total. The minimum Gasteiger partial charge on any atom is -0.368 e. The number of piperazine rings is 1. The molecule has 0 atom stereocenters. The zero-order chi connectivity index (χ0) is 25.9. The van der Waals surface area contributed by atoms with E-state index in [9.17, 15) is 24.1 Å². The van der Waals surface area contributed by atoms with Crippen molar-refractivity contribution in [2.75, 3.05) is 36.8 Å². The summed E-state index contributed by atoms with van der Waals surface area (Å²) in [4.78, 5) is 45.1. The maximum Gasteiger partial charge on any atom is 0.269 e. The second kappa shape index (κ2) is 10.4. The Morgan fingerprint density at radius 1 is 0.973 bits per heavy atom. The number of nitro benzene ring substituents is 1. The highest BCUT2D eigenvalue weighted by Crippen LogP contribution is 2.24. The van der Waals surface area contributed by atoms with Gasteiger partial charge in [0.25, 0.3) is 11.2 Å². The molecule has 9 nitrogen and oxygen atoms in total. The number of hydrogen-bond donors (Lipinski definition) is 0. The first-order valence-electron chi connectivity index (χ1n) is 11.6. The van der Waals surface area contributed by atoms with Gasteiger partial charge in [-0.2, -0.15) is 0 Å². The Balaban J connectivity index is 1.31. The van der Waals surface area contributed by atoms with Crippen LogP contribution < -0.4 is 10.5 Å². The molecule has 37 heavy (non-hydrogen) atoms. The largest absolute Gasteiger partial charge is 0.368 e. The summed E-state index contributed by atoms with van der Waals surface area (Å²) in [6.45, 7) is 2.15. The molecule has 188 valence electrons. The Bertz CT molecular complexity index is 1530. The second-order valence-electron chi connectivity index (χ2n) is 8.43. The molecule has 0 aliphatic carbocycles. The number of rotatable bonds is 6. The average Bonchev–Trinajstić information content (AvgIpc) is 2.92. The molecule has 5 rings (SSSR count). The summed E-state index contributed by atoms with van der Waals surface area (Å²) in [7, 11) is 0. The molecule has 0 bridgehead atoms. The van der Waals surface area contributed by atoms with Gasteiger partial charge < -0.3 is 9.80 Å². The van der Waals surface area contributed by atoms with Crippen molar-refractivity contribution in [2.24, 2.45) is 0 Å². The van der Waals surface area contributed by atoms with Crippen molar-refractivity contribution in [3.63, 3.8) is 0 Å². The number of aromatic nitrogens is 2. The number of para-hydroxylation sites is 2. The zero-order valence-electron chi connectivity index (χ0n) is 19.6. The highest BCUT2D eigenvalue weighted by molar-refractivity contribution is 7.99. The molecule has 4 aromatic rings. The number of nitrogens with zero attached hydrogens (tertiary/aromatic N) is 5. The van der Waals surface area contributed by atoms with Crippen LogP contribution in [-0.4, -0.2) is 57.2 Å². The van der Waals surface area contributed by atoms with Crippen LogP contribution in [0.25, 0.3) is 16.6 Å².